The molecule has 0 amide bonds. The van der Waals surface area contributed by atoms with Gasteiger partial charge in [0.2, 0.25) is 0 Å². The smallest absolute Gasteiger partial charge is 0.134 e. The first-order valence-electron chi connectivity index (χ1n) is 6.75. The summed E-state index contributed by atoms with van der Waals surface area (Å²) in [5, 5.41) is 0.484. The largest absolute Gasteiger partial charge is 0.490 e. The Kier molecular flexibility index (Phi) is 4.02. The van der Waals surface area contributed by atoms with Gasteiger partial charge in [-0.3, -0.25) is 0 Å². The second-order valence-corrected chi connectivity index (χ2v) is 5.20. The number of anilines is 1. The van der Waals surface area contributed by atoms with E-state index in [2.05, 4.69) is 14.9 Å². The van der Waals surface area contributed by atoms with Gasteiger partial charge in [0, 0.05) is 32.0 Å². The van der Waals surface area contributed by atoms with Crippen molar-refractivity contribution in [1.82, 2.24) is 9.97 Å². The van der Waals surface area contributed by atoms with Gasteiger partial charge in [0.15, 0.2) is 0 Å². The molecule has 0 atom stereocenters. The van der Waals surface area contributed by atoms with Gasteiger partial charge < -0.3 is 9.64 Å². The molecule has 3 rings (SSSR count). The van der Waals surface area contributed by atoms with Gasteiger partial charge in [-0.2, -0.15) is 0 Å². The minimum atomic E-state index is 0.269. The highest BCUT2D eigenvalue weighted by molar-refractivity contribution is 6.29. The minimum Gasteiger partial charge on any atom is -0.490 e. The van der Waals surface area contributed by atoms with E-state index in [1.807, 2.05) is 30.3 Å². The monoisotopic (exact) mass is 289 g/mol. The number of rotatable bonds is 3. The number of halogens is 1. The first-order chi connectivity index (χ1) is 9.81. The average molecular weight is 290 g/mol. The second-order valence-electron chi connectivity index (χ2n) is 4.82. The van der Waals surface area contributed by atoms with Gasteiger partial charge in [0.05, 0.1) is 0 Å². The number of hydrogen-bond acceptors (Lipinski definition) is 4. The molecule has 0 N–H and O–H groups in total. The highest BCUT2D eigenvalue weighted by Gasteiger charge is 2.21. The molecule has 1 aliphatic heterocycles. The van der Waals surface area contributed by atoms with Gasteiger partial charge in [-0.15, -0.1) is 0 Å². The van der Waals surface area contributed by atoms with Gasteiger partial charge in [-0.05, 0) is 12.1 Å². The third-order valence-corrected chi connectivity index (χ3v) is 3.64. The van der Waals surface area contributed by atoms with E-state index in [9.17, 15) is 0 Å². The van der Waals surface area contributed by atoms with Gasteiger partial charge >= 0.3 is 0 Å². The summed E-state index contributed by atoms with van der Waals surface area (Å²) >= 11 is 5.90. The predicted molar refractivity (Wildman–Crippen MR) is 79.3 cm³/mol. The number of piperidine rings is 1. The summed E-state index contributed by atoms with van der Waals surface area (Å²) in [4.78, 5) is 10.4. The molecular weight excluding hydrogens is 274 g/mol. The lowest BCUT2D eigenvalue weighted by Gasteiger charge is -2.32. The van der Waals surface area contributed by atoms with Crippen molar-refractivity contribution < 1.29 is 4.74 Å². The quantitative estimate of drug-likeness (QED) is 0.814. The first kappa shape index (κ1) is 13.2. The third-order valence-electron chi connectivity index (χ3n) is 3.43. The molecule has 1 aromatic carbocycles. The van der Waals surface area contributed by atoms with Crippen molar-refractivity contribution in [2.45, 2.75) is 18.9 Å². The molecule has 2 aromatic rings. The fourth-order valence-electron chi connectivity index (χ4n) is 2.39. The van der Waals surface area contributed by atoms with Crippen LogP contribution in [0.15, 0.2) is 42.7 Å². The number of para-hydroxylation sites is 1. The van der Waals surface area contributed by atoms with Crippen molar-refractivity contribution in [2.24, 2.45) is 0 Å². The maximum Gasteiger partial charge on any atom is 0.134 e. The number of benzene rings is 1. The Morgan fingerprint density at radius 1 is 1.10 bits per heavy atom. The van der Waals surface area contributed by atoms with E-state index < -0.39 is 0 Å². The predicted octanol–water partition coefficient (Wildman–Crippen LogP) is 3.18. The third kappa shape index (κ3) is 3.20. The van der Waals surface area contributed by atoms with Crippen LogP contribution in [0, 0.1) is 0 Å². The van der Waals surface area contributed by atoms with Crippen molar-refractivity contribution in [2.75, 3.05) is 18.0 Å². The maximum atomic E-state index is 5.98. The zero-order valence-electron chi connectivity index (χ0n) is 11.1. The molecular formula is C15H16ClN3O. The van der Waals surface area contributed by atoms with Crippen LogP contribution in [-0.2, 0) is 0 Å². The van der Waals surface area contributed by atoms with Crippen molar-refractivity contribution in [1.29, 1.82) is 0 Å². The van der Waals surface area contributed by atoms with Crippen molar-refractivity contribution >= 4 is 17.4 Å². The maximum absolute atomic E-state index is 5.98. The summed E-state index contributed by atoms with van der Waals surface area (Å²) < 4.78 is 5.98. The Labute approximate surface area is 123 Å². The lowest BCUT2D eigenvalue weighted by molar-refractivity contribution is 0.170. The van der Waals surface area contributed by atoms with Crippen LogP contribution >= 0.6 is 11.6 Å². The summed E-state index contributed by atoms with van der Waals surface area (Å²) in [6.07, 6.45) is 3.74. The van der Waals surface area contributed by atoms with Crippen LogP contribution in [-0.4, -0.2) is 29.2 Å². The summed E-state index contributed by atoms with van der Waals surface area (Å²) in [5.41, 5.74) is 0. The Morgan fingerprint density at radius 2 is 1.85 bits per heavy atom. The van der Waals surface area contributed by atoms with Gasteiger partial charge in [0.25, 0.3) is 0 Å². The zero-order chi connectivity index (χ0) is 13.8. The summed E-state index contributed by atoms with van der Waals surface area (Å²) in [6.45, 7) is 1.84. The lowest BCUT2D eigenvalue weighted by atomic mass is 10.1. The molecule has 104 valence electrons. The molecule has 0 radical (unpaired) electrons. The minimum absolute atomic E-state index is 0.269. The molecule has 0 unspecified atom stereocenters. The molecule has 0 aliphatic carbocycles. The van der Waals surface area contributed by atoms with Crippen LogP contribution in [0.3, 0.4) is 0 Å². The molecule has 20 heavy (non-hydrogen) atoms. The summed E-state index contributed by atoms with van der Waals surface area (Å²) in [5.74, 6) is 1.83. The normalized spacial score (nSPS) is 16.1. The summed E-state index contributed by atoms with van der Waals surface area (Å²) in [7, 11) is 0. The van der Waals surface area contributed by atoms with Gasteiger partial charge in [0.1, 0.15) is 29.2 Å². The molecule has 1 aromatic heterocycles. The lowest BCUT2D eigenvalue weighted by Crippen LogP contribution is -2.38. The molecule has 0 saturated carbocycles. The van der Waals surface area contributed by atoms with E-state index in [4.69, 9.17) is 16.3 Å². The molecule has 2 heterocycles. The average Bonchev–Trinajstić information content (AvgIpc) is 2.49. The van der Waals surface area contributed by atoms with Crippen molar-refractivity contribution in [3.05, 3.63) is 47.9 Å². The summed E-state index contributed by atoms with van der Waals surface area (Å²) in [6, 6.07) is 11.8. The highest BCUT2D eigenvalue weighted by Crippen LogP contribution is 2.22. The highest BCUT2D eigenvalue weighted by atomic mass is 35.5. The van der Waals surface area contributed by atoms with Crippen LogP contribution in [0.5, 0.6) is 5.75 Å². The zero-order valence-corrected chi connectivity index (χ0v) is 11.8. The molecule has 1 saturated heterocycles. The molecule has 4 nitrogen and oxygen atoms in total. The van der Waals surface area contributed by atoms with Gasteiger partial charge in [-0.25, -0.2) is 9.97 Å². The Bertz CT molecular complexity index is 556. The Hall–Kier alpha value is -1.81. The van der Waals surface area contributed by atoms with Crippen molar-refractivity contribution in [3.8, 4) is 5.75 Å². The molecule has 0 spiro atoms. The van der Waals surface area contributed by atoms with Crippen LogP contribution in [0.2, 0.25) is 5.15 Å². The first-order valence-corrected chi connectivity index (χ1v) is 7.13. The van der Waals surface area contributed by atoms with E-state index in [0.717, 1.165) is 37.5 Å². The number of ether oxygens (including phenoxy) is 1. The number of hydrogen-bond donors (Lipinski definition) is 0. The second kappa shape index (κ2) is 6.09. The topological polar surface area (TPSA) is 38.2 Å². The van der Waals surface area contributed by atoms with E-state index >= 15 is 0 Å². The van der Waals surface area contributed by atoms with Crippen LogP contribution in [0.1, 0.15) is 12.8 Å². The molecule has 1 fully saturated rings. The van der Waals surface area contributed by atoms with E-state index in [1.165, 1.54) is 6.33 Å². The molecule has 5 heteroatoms. The van der Waals surface area contributed by atoms with E-state index in [-0.39, 0.29) is 6.10 Å². The fraction of sp³-hybridized carbons (Fsp3) is 0.333. The van der Waals surface area contributed by atoms with Gasteiger partial charge in [-0.1, -0.05) is 29.8 Å². The van der Waals surface area contributed by atoms with Crippen LogP contribution in [0.4, 0.5) is 5.82 Å². The number of aromatic nitrogens is 2. The van der Waals surface area contributed by atoms with E-state index in [0.29, 0.717) is 5.15 Å². The Balaban J connectivity index is 1.57. The molecule has 1 aliphatic rings. The molecule has 0 bridgehead atoms. The van der Waals surface area contributed by atoms with Crippen LogP contribution in [0.25, 0.3) is 0 Å². The standard InChI is InChI=1S/C15H16ClN3O/c16-14-10-15(18-11-17-14)19-8-6-13(7-9-19)20-12-4-2-1-3-5-12/h1-5,10-11,13H,6-9H2. The van der Waals surface area contributed by atoms with E-state index in [1.54, 1.807) is 6.07 Å². The van der Waals surface area contributed by atoms with Crippen molar-refractivity contribution in [3.63, 3.8) is 0 Å². The fourth-order valence-corrected chi connectivity index (χ4v) is 2.53. The van der Waals surface area contributed by atoms with Crippen LogP contribution < -0.4 is 9.64 Å². The number of nitrogens with zero attached hydrogens (tertiary/aromatic N) is 3. The SMILES string of the molecule is Clc1cc(N2CCC(Oc3ccccc3)CC2)ncn1. The Morgan fingerprint density at radius 3 is 2.55 bits per heavy atom.